The summed E-state index contributed by atoms with van der Waals surface area (Å²) in [4.78, 5) is 23.8. The molecule has 0 fully saturated rings. The molecule has 0 bridgehead atoms. The van der Waals surface area contributed by atoms with Gasteiger partial charge in [0.2, 0.25) is 0 Å². The zero-order valence-corrected chi connectivity index (χ0v) is 11.1. The van der Waals surface area contributed by atoms with Crippen LogP contribution in [0.5, 0.6) is 0 Å². The van der Waals surface area contributed by atoms with Gasteiger partial charge < -0.3 is 15.4 Å². The minimum atomic E-state index is -0.477. The molecule has 2 aromatic rings. The van der Waals surface area contributed by atoms with E-state index < -0.39 is 6.04 Å². The molecule has 104 valence electrons. The van der Waals surface area contributed by atoms with Gasteiger partial charge in [-0.25, -0.2) is 9.59 Å². The van der Waals surface area contributed by atoms with Gasteiger partial charge in [-0.3, -0.25) is 0 Å². The topological polar surface area (TPSA) is 67.4 Å². The van der Waals surface area contributed by atoms with E-state index in [2.05, 4.69) is 10.6 Å². The van der Waals surface area contributed by atoms with E-state index in [4.69, 9.17) is 4.74 Å². The lowest BCUT2D eigenvalue weighted by Gasteiger charge is -2.25. The van der Waals surface area contributed by atoms with Crippen LogP contribution in [0.1, 0.15) is 11.6 Å². The number of carbonyl (C=O) groups excluding carboxylic acids is 2. The van der Waals surface area contributed by atoms with Crippen LogP contribution in [0.4, 0.5) is 4.79 Å². The van der Waals surface area contributed by atoms with Crippen molar-refractivity contribution < 1.29 is 14.3 Å². The fourth-order valence-corrected chi connectivity index (χ4v) is 2.92. The molecule has 0 radical (unpaired) electrons. The summed E-state index contributed by atoms with van der Waals surface area (Å²) in [5.74, 6) is -0.379. The first-order valence-electron chi connectivity index (χ1n) is 6.69. The fourth-order valence-electron chi connectivity index (χ4n) is 2.92. The van der Waals surface area contributed by atoms with Gasteiger partial charge in [0.1, 0.15) is 6.61 Å². The molecule has 5 nitrogen and oxygen atoms in total. The SMILES string of the molecule is O=C1NC2=C(C(=O)OC2)C(c2cccc3ccccc23)N1. The lowest BCUT2D eigenvalue weighted by molar-refractivity contribution is -0.136. The highest BCUT2D eigenvalue weighted by Crippen LogP contribution is 2.34. The first kappa shape index (κ1) is 12.0. The standard InChI is InChI=1S/C16H12N2O3/c19-15-13-12(8-21-15)17-16(20)18-14(13)11-7-3-5-9-4-1-2-6-10(9)11/h1-7,14H,8H2,(H2,17,18,20). The minimum absolute atomic E-state index is 0.128. The summed E-state index contributed by atoms with van der Waals surface area (Å²) in [5.41, 5.74) is 1.95. The predicted molar refractivity (Wildman–Crippen MR) is 76.3 cm³/mol. The summed E-state index contributed by atoms with van der Waals surface area (Å²) in [7, 11) is 0. The first-order valence-corrected chi connectivity index (χ1v) is 6.69. The highest BCUT2D eigenvalue weighted by molar-refractivity contribution is 5.99. The van der Waals surface area contributed by atoms with Crippen LogP contribution >= 0.6 is 0 Å². The van der Waals surface area contributed by atoms with Crippen LogP contribution in [-0.4, -0.2) is 18.6 Å². The normalized spacial score (nSPS) is 20.9. The quantitative estimate of drug-likeness (QED) is 0.785. The number of urea groups is 1. The van der Waals surface area contributed by atoms with Gasteiger partial charge in [0, 0.05) is 0 Å². The maximum absolute atomic E-state index is 12.0. The van der Waals surface area contributed by atoms with Crippen LogP contribution in [0.15, 0.2) is 53.7 Å². The van der Waals surface area contributed by atoms with Crippen molar-refractivity contribution in [3.8, 4) is 0 Å². The summed E-state index contributed by atoms with van der Waals surface area (Å²) < 4.78 is 5.04. The van der Waals surface area contributed by atoms with Gasteiger partial charge in [0.05, 0.1) is 17.3 Å². The second kappa shape index (κ2) is 4.34. The van der Waals surface area contributed by atoms with E-state index in [1.54, 1.807) is 0 Å². The number of benzene rings is 2. The van der Waals surface area contributed by atoms with Crippen molar-refractivity contribution in [3.05, 3.63) is 59.3 Å². The molecule has 2 aliphatic rings. The van der Waals surface area contributed by atoms with Gasteiger partial charge in [-0.2, -0.15) is 0 Å². The number of nitrogens with one attached hydrogen (secondary N) is 2. The monoisotopic (exact) mass is 280 g/mol. The third-order valence-corrected chi connectivity index (χ3v) is 3.86. The average molecular weight is 280 g/mol. The summed E-state index contributed by atoms with van der Waals surface area (Å²) >= 11 is 0. The van der Waals surface area contributed by atoms with Crippen molar-refractivity contribution in [2.24, 2.45) is 0 Å². The molecule has 2 aromatic carbocycles. The molecule has 0 aromatic heterocycles. The maximum atomic E-state index is 12.0. The molecule has 1 atom stereocenters. The van der Waals surface area contributed by atoms with Crippen molar-refractivity contribution in [2.75, 3.05) is 6.61 Å². The largest absolute Gasteiger partial charge is 0.456 e. The fraction of sp³-hybridized carbons (Fsp3) is 0.125. The van der Waals surface area contributed by atoms with E-state index in [0.29, 0.717) is 11.3 Å². The molecular formula is C16H12N2O3. The van der Waals surface area contributed by atoms with Crippen molar-refractivity contribution in [2.45, 2.75) is 6.04 Å². The van der Waals surface area contributed by atoms with E-state index in [-0.39, 0.29) is 18.6 Å². The van der Waals surface area contributed by atoms with Crippen molar-refractivity contribution in [1.29, 1.82) is 0 Å². The molecule has 4 rings (SSSR count). The molecule has 0 saturated heterocycles. The van der Waals surface area contributed by atoms with E-state index in [9.17, 15) is 9.59 Å². The van der Waals surface area contributed by atoms with Crippen LogP contribution in [0.2, 0.25) is 0 Å². The highest BCUT2D eigenvalue weighted by atomic mass is 16.5. The highest BCUT2D eigenvalue weighted by Gasteiger charge is 2.38. The zero-order valence-electron chi connectivity index (χ0n) is 11.1. The molecule has 2 N–H and O–H groups in total. The van der Waals surface area contributed by atoms with Crippen LogP contribution in [-0.2, 0) is 9.53 Å². The third kappa shape index (κ3) is 1.78. The Morgan fingerprint density at radius 2 is 1.86 bits per heavy atom. The number of esters is 1. The van der Waals surface area contributed by atoms with Gasteiger partial charge in [-0.05, 0) is 16.3 Å². The smallest absolute Gasteiger partial charge is 0.338 e. The number of carbonyl (C=O) groups is 2. The Hall–Kier alpha value is -2.82. The van der Waals surface area contributed by atoms with Crippen molar-refractivity contribution in [1.82, 2.24) is 10.6 Å². The maximum Gasteiger partial charge on any atom is 0.338 e. The van der Waals surface area contributed by atoms with Gasteiger partial charge in [-0.1, -0.05) is 42.5 Å². The molecule has 0 saturated carbocycles. The molecule has 2 heterocycles. The molecule has 5 heteroatoms. The van der Waals surface area contributed by atoms with E-state index in [1.165, 1.54) is 0 Å². The molecular weight excluding hydrogens is 268 g/mol. The van der Waals surface area contributed by atoms with E-state index >= 15 is 0 Å². The van der Waals surface area contributed by atoms with E-state index in [1.807, 2.05) is 42.5 Å². The second-order valence-electron chi connectivity index (χ2n) is 5.07. The van der Waals surface area contributed by atoms with Crippen LogP contribution in [0.3, 0.4) is 0 Å². The first-order chi connectivity index (χ1) is 10.2. The second-order valence-corrected chi connectivity index (χ2v) is 5.07. The molecule has 2 amide bonds. The van der Waals surface area contributed by atoms with Crippen molar-refractivity contribution >= 4 is 22.8 Å². The predicted octanol–water partition coefficient (Wildman–Crippen LogP) is 2.00. The lowest BCUT2D eigenvalue weighted by atomic mass is 9.92. The van der Waals surface area contributed by atoms with Gasteiger partial charge in [-0.15, -0.1) is 0 Å². The summed E-state index contributed by atoms with van der Waals surface area (Å²) in [6.45, 7) is 0.128. The summed E-state index contributed by atoms with van der Waals surface area (Å²) in [5, 5.41) is 7.54. The van der Waals surface area contributed by atoms with Crippen LogP contribution in [0.25, 0.3) is 10.8 Å². The Bertz CT molecular complexity index is 805. The Kier molecular flexibility index (Phi) is 2.47. The number of fused-ring (bicyclic) bond motifs is 1. The number of cyclic esters (lactones) is 1. The Morgan fingerprint density at radius 3 is 2.76 bits per heavy atom. The zero-order chi connectivity index (χ0) is 14.4. The Morgan fingerprint density at radius 1 is 1.05 bits per heavy atom. The number of ether oxygens (including phenoxy) is 1. The molecule has 0 spiro atoms. The average Bonchev–Trinajstić information content (AvgIpc) is 2.87. The molecule has 1 unspecified atom stereocenters. The Labute approximate surface area is 120 Å². The summed E-state index contributed by atoms with van der Waals surface area (Å²) in [6, 6.07) is 13.0. The minimum Gasteiger partial charge on any atom is -0.456 e. The van der Waals surface area contributed by atoms with Crippen LogP contribution < -0.4 is 10.6 Å². The number of hydrogen-bond acceptors (Lipinski definition) is 3. The van der Waals surface area contributed by atoms with E-state index in [0.717, 1.165) is 16.3 Å². The number of rotatable bonds is 1. The number of amides is 2. The van der Waals surface area contributed by atoms with Gasteiger partial charge in [0.25, 0.3) is 0 Å². The van der Waals surface area contributed by atoms with Crippen LogP contribution in [0, 0.1) is 0 Å². The Balaban J connectivity index is 1.93. The lowest BCUT2D eigenvalue weighted by Crippen LogP contribution is -2.44. The van der Waals surface area contributed by atoms with Gasteiger partial charge in [0.15, 0.2) is 0 Å². The third-order valence-electron chi connectivity index (χ3n) is 3.86. The summed E-state index contributed by atoms with van der Waals surface area (Å²) in [6.07, 6.45) is 0. The molecule has 0 aliphatic carbocycles. The van der Waals surface area contributed by atoms with Gasteiger partial charge >= 0.3 is 12.0 Å². The van der Waals surface area contributed by atoms with Crippen molar-refractivity contribution in [3.63, 3.8) is 0 Å². The molecule has 2 aliphatic heterocycles. The molecule has 21 heavy (non-hydrogen) atoms. The number of hydrogen-bond donors (Lipinski definition) is 2.